The van der Waals surface area contributed by atoms with Gasteiger partial charge in [-0.05, 0) is 57.9 Å². The molecule has 1 aromatic carbocycles. The first kappa shape index (κ1) is 21.8. The number of pyridine rings is 2. The van der Waals surface area contributed by atoms with E-state index in [2.05, 4.69) is 48.4 Å². The number of unbranched alkanes of at least 4 members (excludes halogenated alkanes) is 3. The van der Waals surface area contributed by atoms with Crippen molar-refractivity contribution in [2.75, 3.05) is 11.9 Å². The third-order valence-corrected chi connectivity index (χ3v) is 4.73. The summed E-state index contributed by atoms with van der Waals surface area (Å²) in [6.07, 6.45) is 10.5. The van der Waals surface area contributed by atoms with Crippen LogP contribution in [0.3, 0.4) is 0 Å². The topological polar surface area (TPSA) is 80.9 Å². The second kappa shape index (κ2) is 11.3. The monoisotopic (exact) mass is 380 g/mol. The Balaban J connectivity index is 0.000000878. The first-order valence-electron chi connectivity index (χ1n) is 10.1. The van der Waals surface area contributed by atoms with Gasteiger partial charge < -0.3 is 15.8 Å². The number of hydrogen-bond acceptors (Lipinski definition) is 5. The van der Waals surface area contributed by atoms with Crippen LogP contribution in [0.25, 0.3) is 21.7 Å². The Kier molecular flexibility index (Phi) is 8.82. The van der Waals surface area contributed by atoms with Crippen LogP contribution in [0.5, 0.6) is 0 Å². The molecule has 0 aliphatic carbocycles. The number of fused-ring (bicyclic) bond motifs is 3. The van der Waals surface area contributed by atoms with E-state index in [4.69, 9.17) is 15.5 Å². The summed E-state index contributed by atoms with van der Waals surface area (Å²) in [4.78, 5) is 18.0. The molecule has 0 saturated heterocycles. The highest BCUT2D eigenvalue weighted by molar-refractivity contribution is 6.09. The number of hydrogen-bond donors (Lipinski definition) is 2. The van der Waals surface area contributed by atoms with E-state index < -0.39 is 0 Å². The van der Waals surface area contributed by atoms with Crippen molar-refractivity contribution < 1.29 is 4.79 Å². The Labute approximate surface area is 167 Å². The zero-order valence-electron chi connectivity index (χ0n) is 17.2. The molecule has 0 amide bonds. The van der Waals surface area contributed by atoms with E-state index in [0.717, 1.165) is 53.2 Å². The predicted octanol–water partition coefficient (Wildman–Crippen LogP) is 5.01. The highest BCUT2D eigenvalue weighted by Crippen LogP contribution is 2.29. The fraction of sp³-hybridized carbons (Fsp3) is 0.435. The molecule has 0 spiro atoms. The fourth-order valence-corrected chi connectivity index (χ4v) is 3.32. The van der Waals surface area contributed by atoms with Crippen LogP contribution in [-0.2, 0) is 4.79 Å². The second-order valence-corrected chi connectivity index (χ2v) is 7.17. The highest BCUT2D eigenvalue weighted by atomic mass is 16.1. The zero-order chi connectivity index (χ0) is 20.4. The van der Waals surface area contributed by atoms with Gasteiger partial charge in [-0.2, -0.15) is 0 Å². The van der Waals surface area contributed by atoms with Gasteiger partial charge in [-0.25, -0.2) is 4.98 Å². The zero-order valence-corrected chi connectivity index (χ0v) is 17.2. The van der Waals surface area contributed by atoms with Crippen LogP contribution in [0.4, 0.5) is 5.82 Å². The van der Waals surface area contributed by atoms with Gasteiger partial charge in [0.1, 0.15) is 12.1 Å². The third kappa shape index (κ3) is 5.99. The predicted molar refractivity (Wildman–Crippen MR) is 119 cm³/mol. The summed E-state index contributed by atoms with van der Waals surface area (Å²) in [5.41, 5.74) is 7.81. The Bertz CT molecular complexity index is 894. The minimum Gasteiger partial charge on any atom is -0.367 e. The standard InChI is InChI=1S/C21H28N4.C2H4O/c1-15-8-9-17-19-14-23-12-10-18(19)21(25-20(17)13-15)24-16(2)7-5-3-4-6-11-22;1-2-3/h8-10,12-14,16H,3-7,11,22H2,1-2H3,(H,24,25);2H,1H3. The molecule has 1 unspecified atom stereocenters. The number of aryl methyl sites for hydroxylation is 1. The largest absolute Gasteiger partial charge is 0.367 e. The molecule has 5 nitrogen and oxygen atoms in total. The van der Waals surface area contributed by atoms with Crippen LogP contribution in [0.2, 0.25) is 0 Å². The quantitative estimate of drug-likeness (QED) is 0.326. The van der Waals surface area contributed by atoms with Gasteiger partial charge in [0, 0.05) is 34.6 Å². The lowest BCUT2D eigenvalue weighted by Gasteiger charge is -2.17. The second-order valence-electron chi connectivity index (χ2n) is 7.17. The number of rotatable bonds is 8. The van der Waals surface area contributed by atoms with Crippen molar-refractivity contribution in [1.29, 1.82) is 0 Å². The number of carbonyl (C=O) groups is 1. The van der Waals surface area contributed by atoms with E-state index in [0.29, 0.717) is 6.04 Å². The smallest absolute Gasteiger partial charge is 0.134 e. The van der Waals surface area contributed by atoms with E-state index in [1.807, 2.05) is 12.4 Å². The fourth-order valence-electron chi connectivity index (χ4n) is 3.32. The van der Waals surface area contributed by atoms with Crippen molar-refractivity contribution in [2.45, 2.75) is 58.9 Å². The van der Waals surface area contributed by atoms with Gasteiger partial charge in [0.05, 0.1) is 5.52 Å². The molecule has 3 rings (SSSR count). The first-order valence-corrected chi connectivity index (χ1v) is 10.1. The first-order chi connectivity index (χ1) is 13.6. The average molecular weight is 381 g/mol. The Morgan fingerprint density at radius 3 is 2.61 bits per heavy atom. The molecular weight excluding hydrogens is 348 g/mol. The molecule has 5 heteroatoms. The SMILES string of the molecule is CC=O.Cc1ccc2c(c1)nc(NC(C)CCCCCCN)c1ccncc12. The van der Waals surface area contributed by atoms with Gasteiger partial charge in [-0.15, -0.1) is 0 Å². The van der Waals surface area contributed by atoms with E-state index >= 15 is 0 Å². The van der Waals surface area contributed by atoms with Crippen molar-refractivity contribution in [3.63, 3.8) is 0 Å². The van der Waals surface area contributed by atoms with Crippen molar-refractivity contribution in [3.05, 3.63) is 42.2 Å². The molecule has 3 aromatic rings. The Morgan fingerprint density at radius 2 is 1.86 bits per heavy atom. The number of aromatic nitrogens is 2. The normalized spacial score (nSPS) is 11.7. The van der Waals surface area contributed by atoms with Crippen molar-refractivity contribution in [1.82, 2.24) is 9.97 Å². The highest BCUT2D eigenvalue weighted by Gasteiger charge is 2.11. The van der Waals surface area contributed by atoms with E-state index in [9.17, 15) is 0 Å². The minimum atomic E-state index is 0.393. The molecule has 0 bridgehead atoms. The maximum atomic E-state index is 8.81. The number of nitrogens with zero attached hydrogens (tertiary/aromatic N) is 2. The minimum absolute atomic E-state index is 0.393. The molecule has 2 aromatic heterocycles. The molecule has 0 aliphatic heterocycles. The summed E-state index contributed by atoms with van der Waals surface area (Å²) in [5.74, 6) is 0.963. The van der Waals surface area contributed by atoms with Crippen LogP contribution < -0.4 is 11.1 Å². The van der Waals surface area contributed by atoms with E-state index in [1.165, 1.54) is 31.7 Å². The van der Waals surface area contributed by atoms with Gasteiger partial charge in [-0.3, -0.25) is 4.98 Å². The number of anilines is 1. The molecule has 0 saturated carbocycles. The van der Waals surface area contributed by atoms with Gasteiger partial charge in [0.2, 0.25) is 0 Å². The van der Waals surface area contributed by atoms with Crippen LogP contribution in [0.15, 0.2) is 36.7 Å². The summed E-state index contributed by atoms with van der Waals surface area (Å²) >= 11 is 0. The Hall–Kier alpha value is -2.53. The molecule has 2 heterocycles. The van der Waals surface area contributed by atoms with Crippen LogP contribution in [0.1, 0.15) is 51.5 Å². The number of benzene rings is 1. The van der Waals surface area contributed by atoms with Crippen LogP contribution in [0, 0.1) is 6.92 Å². The summed E-state index contributed by atoms with van der Waals surface area (Å²) in [6, 6.07) is 8.87. The van der Waals surface area contributed by atoms with E-state index in [1.54, 1.807) is 0 Å². The molecule has 0 radical (unpaired) electrons. The summed E-state index contributed by atoms with van der Waals surface area (Å²) in [5, 5.41) is 7.08. The molecule has 1 atom stereocenters. The van der Waals surface area contributed by atoms with Crippen molar-refractivity contribution in [2.24, 2.45) is 5.73 Å². The third-order valence-electron chi connectivity index (χ3n) is 4.73. The lowest BCUT2D eigenvalue weighted by Crippen LogP contribution is -2.16. The lowest BCUT2D eigenvalue weighted by molar-refractivity contribution is -0.106. The number of nitrogens with one attached hydrogen (secondary N) is 1. The van der Waals surface area contributed by atoms with Gasteiger partial charge in [0.15, 0.2) is 0 Å². The number of carbonyl (C=O) groups excluding carboxylic acids is 1. The average Bonchev–Trinajstić information content (AvgIpc) is 2.68. The molecule has 28 heavy (non-hydrogen) atoms. The van der Waals surface area contributed by atoms with Crippen LogP contribution >= 0.6 is 0 Å². The molecule has 150 valence electrons. The number of nitrogens with two attached hydrogens (primary N) is 1. The maximum absolute atomic E-state index is 8.81. The molecule has 0 fully saturated rings. The summed E-state index contributed by atoms with van der Waals surface area (Å²) < 4.78 is 0. The van der Waals surface area contributed by atoms with E-state index in [-0.39, 0.29) is 0 Å². The van der Waals surface area contributed by atoms with Gasteiger partial charge >= 0.3 is 0 Å². The molecule has 3 N–H and O–H groups in total. The van der Waals surface area contributed by atoms with Crippen molar-refractivity contribution in [3.8, 4) is 0 Å². The molecular formula is C23H32N4O. The molecule has 0 aliphatic rings. The van der Waals surface area contributed by atoms with Gasteiger partial charge in [-0.1, -0.05) is 31.4 Å². The summed E-state index contributed by atoms with van der Waals surface area (Å²) in [6.45, 7) is 6.58. The number of aldehydes is 1. The van der Waals surface area contributed by atoms with Gasteiger partial charge in [0.25, 0.3) is 0 Å². The maximum Gasteiger partial charge on any atom is 0.134 e. The lowest BCUT2D eigenvalue weighted by atomic mass is 10.1. The Morgan fingerprint density at radius 1 is 1.11 bits per heavy atom. The van der Waals surface area contributed by atoms with Crippen molar-refractivity contribution >= 4 is 33.8 Å². The van der Waals surface area contributed by atoms with Crippen LogP contribution in [-0.4, -0.2) is 28.8 Å². The summed E-state index contributed by atoms with van der Waals surface area (Å²) in [7, 11) is 0.